The first-order valence-electron chi connectivity index (χ1n) is 5.62. The molecule has 0 aromatic rings. The third kappa shape index (κ3) is 7.36. The fourth-order valence-electron chi connectivity index (χ4n) is 0.955. The van der Waals surface area contributed by atoms with Crippen molar-refractivity contribution in [3.8, 4) is 0 Å². The van der Waals surface area contributed by atoms with Crippen LogP contribution in [0.2, 0.25) is 0 Å². The summed E-state index contributed by atoms with van der Waals surface area (Å²) < 4.78 is 32.4. The molecule has 0 N–H and O–H groups in total. The summed E-state index contributed by atoms with van der Waals surface area (Å²) >= 11 is 0. The molecule has 0 fully saturated rings. The normalized spacial score (nSPS) is 14.4. The molecule has 0 saturated carbocycles. The maximum absolute atomic E-state index is 11.9. The number of phosphoric acid groups is 1. The topological polar surface area (TPSA) is 54.0 Å². The molecule has 1 atom stereocenters. The van der Waals surface area contributed by atoms with Gasteiger partial charge in [0.25, 0.3) is 0 Å². The van der Waals surface area contributed by atoms with E-state index in [1.807, 2.05) is 13.8 Å². The lowest BCUT2D eigenvalue weighted by Gasteiger charge is -2.21. The number of hydrogen-bond donors (Lipinski definition) is 0. The molecule has 16 heavy (non-hydrogen) atoms. The minimum atomic E-state index is -3.46. The Balaban J connectivity index is 4.12. The summed E-state index contributed by atoms with van der Waals surface area (Å²) in [7, 11) is -3.46. The molecular formula is C10H23O5P. The lowest BCUT2D eigenvalue weighted by Crippen LogP contribution is -2.16. The first-order chi connectivity index (χ1) is 7.43. The second-order valence-electron chi connectivity index (χ2n) is 3.68. The van der Waals surface area contributed by atoms with E-state index < -0.39 is 14.1 Å². The molecule has 0 rings (SSSR count). The first-order valence-corrected chi connectivity index (χ1v) is 7.08. The van der Waals surface area contributed by atoms with Crippen molar-refractivity contribution in [1.82, 2.24) is 0 Å². The first kappa shape index (κ1) is 16.1. The number of ether oxygens (including phenoxy) is 1. The maximum atomic E-state index is 11.9. The van der Waals surface area contributed by atoms with Crippen molar-refractivity contribution in [3.63, 3.8) is 0 Å². The van der Waals surface area contributed by atoms with Crippen molar-refractivity contribution in [2.24, 2.45) is 5.92 Å². The van der Waals surface area contributed by atoms with Gasteiger partial charge in [-0.25, -0.2) is 4.57 Å². The van der Waals surface area contributed by atoms with E-state index in [0.717, 1.165) is 0 Å². The Labute approximate surface area is 98.0 Å². The predicted molar refractivity (Wildman–Crippen MR) is 62.2 cm³/mol. The van der Waals surface area contributed by atoms with Gasteiger partial charge in [0.2, 0.25) is 0 Å². The third-order valence-corrected chi connectivity index (χ3v) is 3.22. The molecule has 1 unspecified atom stereocenters. The van der Waals surface area contributed by atoms with E-state index in [-0.39, 0.29) is 13.2 Å². The van der Waals surface area contributed by atoms with Gasteiger partial charge in [-0.2, -0.15) is 0 Å². The van der Waals surface area contributed by atoms with Crippen LogP contribution in [0.5, 0.6) is 0 Å². The smallest absolute Gasteiger partial charge is 0.352 e. The fourth-order valence-corrected chi connectivity index (χ4v) is 2.21. The molecule has 0 heterocycles. The molecule has 0 aliphatic carbocycles. The van der Waals surface area contributed by atoms with Crippen molar-refractivity contribution in [2.45, 2.75) is 40.9 Å². The van der Waals surface area contributed by atoms with E-state index >= 15 is 0 Å². The van der Waals surface area contributed by atoms with Crippen LogP contribution >= 0.6 is 7.82 Å². The van der Waals surface area contributed by atoms with Crippen LogP contribution < -0.4 is 0 Å². The molecule has 0 amide bonds. The zero-order valence-corrected chi connectivity index (χ0v) is 11.7. The largest absolute Gasteiger partial charge is 0.477 e. The van der Waals surface area contributed by atoms with Crippen LogP contribution in [-0.2, 0) is 22.9 Å². The highest BCUT2D eigenvalue weighted by atomic mass is 31.2. The van der Waals surface area contributed by atoms with Crippen molar-refractivity contribution >= 4 is 7.82 Å². The maximum Gasteiger partial charge on any atom is 0.477 e. The van der Waals surface area contributed by atoms with Crippen molar-refractivity contribution in [3.05, 3.63) is 0 Å². The molecule has 0 spiro atoms. The molecule has 0 saturated heterocycles. The van der Waals surface area contributed by atoms with Crippen LogP contribution in [0, 0.1) is 5.92 Å². The van der Waals surface area contributed by atoms with E-state index in [0.29, 0.717) is 12.5 Å². The van der Waals surface area contributed by atoms with E-state index in [2.05, 4.69) is 0 Å². The Hall–Kier alpha value is 0.0700. The minimum absolute atomic E-state index is 0.272. The van der Waals surface area contributed by atoms with Crippen LogP contribution in [0.4, 0.5) is 0 Å². The lowest BCUT2D eigenvalue weighted by molar-refractivity contribution is -0.0934. The van der Waals surface area contributed by atoms with Gasteiger partial charge in [0.15, 0.2) is 6.29 Å². The second-order valence-corrected chi connectivity index (χ2v) is 5.30. The highest BCUT2D eigenvalue weighted by molar-refractivity contribution is 7.48. The van der Waals surface area contributed by atoms with Crippen molar-refractivity contribution in [1.29, 1.82) is 0 Å². The molecule has 6 heteroatoms. The number of rotatable bonds is 9. The summed E-state index contributed by atoms with van der Waals surface area (Å²) in [5, 5.41) is 0. The molecule has 0 aromatic heterocycles. The van der Waals surface area contributed by atoms with Gasteiger partial charge in [0.1, 0.15) is 0 Å². The molecule has 0 bridgehead atoms. The molecule has 0 radical (unpaired) electrons. The van der Waals surface area contributed by atoms with E-state index in [1.165, 1.54) is 0 Å². The summed E-state index contributed by atoms with van der Waals surface area (Å²) in [5.41, 5.74) is 0. The quantitative estimate of drug-likeness (QED) is 0.467. The zero-order valence-electron chi connectivity index (χ0n) is 10.8. The molecule has 0 aliphatic rings. The standard InChI is InChI=1S/C10H23O5P/c1-6-13-16(11,14-7-2)15-10(5)12-8-9(3)4/h9-10H,6-8H2,1-5H3. The Morgan fingerprint density at radius 2 is 1.56 bits per heavy atom. The number of phosphoric ester groups is 1. The summed E-state index contributed by atoms with van der Waals surface area (Å²) in [4.78, 5) is 0. The van der Waals surface area contributed by atoms with Gasteiger partial charge in [-0.3, -0.25) is 13.6 Å². The van der Waals surface area contributed by atoms with Crippen LogP contribution in [0.25, 0.3) is 0 Å². The summed E-state index contributed by atoms with van der Waals surface area (Å²) in [6.07, 6.45) is -0.605. The third-order valence-electron chi connectivity index (χ3n) is 1.52. The Morgan fingerprint density at radius 1 is 1.06 bits per heavy atom. The minimum Gasteiger partial charge on any atom is -0.352 e. The lowest BCUT2D eigenvalue weighted by atomic mass is 10.2. The number of hydrogen-bond acceptors (Lipinski definition) is 5. The van der Waals surface area contributed by atoms with Crippen molar-refractivity contribution in [2.75, 3.05) is 19.8 Å². The molecular weight excluding hydrogens is 231 g/mol. The Morgan fingerprint density at radius 3 is 1.94 bits per heavy atom. The average molecular weight is 254 g/mol. The van der Waals surface area contributed by atoms with Gasteiger partial charge < -0.3 is 4.74 Å². The van der Waals surface area contributed by atoms with Crippen LogP contribution in [0.1, 0.15) is 34.6 Å². The molecule has 0 aliphatic heterocycles. The summed E-state index contributed by atoms with van der Waals surface area (Å²) in [5.74, 6) is 0.393. The molecule has 98 valence electrons. The Kier molecular flexibility index (Phi) is 8.24. The predicted octanol–water partition coefficient (Wildman–Crippen LogP) is 3.20. The Bertz CT molecular complexity index is 209. The van der Waals surface area contributed by atoms with Gasteiger partial charge in [-0.15, -0.1) is 0 Å². The van der Waals surface area contributed by atoms with E-state index in [1.54, 1.807) is 20.8 Å². The highest BCUT2D eigenvalue weighted by Gasteiger charge is 2.28. The van der Waals surface area contributed by atoms with Gasteiger partial charge in [0.05, 0.1) is 19.8 Å². The van der Waals surface area contributed by atoms with Gasteiger partial charge in [-0.1, -0.05) is 13.8 Å². The van der Waals surface area contributed by atoms with Crippen molar-refractivity contribution < 1.29 is 22.9 Å². The SMILES string of the molecule is CCOP(=O)(OCC)OC(C)OCC(C)C. The summed E-state index contributed by atoms with van der Waals surface area (Å²) in [6, 6.07) is 0. The van der Waals surface area contributed by atoms with E-state index in [4.69, 9.17) is 18.3 Å². The van der Waals surface area contributed by atoms with E-state index in [9.17, 15) is 4.57 Å². The summed E-state index contributed by atoms with van der Waals surface area (Å²) in [6.45, 7) is 10.3. The zero-order chi connectivity index (χ0) is 12.6. The monoisotopic (exact) mass is 254 g/mol. The van der Waals surface area contributed by atoms with Gasteiger partial charge in [-0.05, 0) is 26.7 Å². The molecule has 0 aromatic carbocycles. The average Bonchev–Trinajstić information content (AvgIpc) is 2.15. The highest BCUT2D eigenvalue weighted by Crippen LogP contribution is 2.50. The van der Waals surface area contributed by atoms with Gasteiger partial charge >= 0.3 is 7.82 Å². The van der Waals surface area contributed by atoms with Crippen LogP contribution in [0.3, 0.4) is 0 Å². The second kappa shape index (κ2) is 8.20. The van der Waals surface area contributed by atoms with Crippen LogP contribution in [-0.4, -0.2) is 26.1 Å². The van der Waals surface area contributed by atoms with Crippen LogP contribution in [0.15, 0.2) is 0 Å². The molecule has 5 nitrogen and oxygen atoms in total. The fraction of sp³-hybridized carbons (Fsp3) is 1.00. The van der Waals surface area contributed by atoms with Gasteiger partial charge in [0, 0.05) is 0 Å².